The number of hydrogen-bond acceptors (Lipinski definition) is 8. The van der Waals surface area contributed by atoms with Gasteiger partial charge in [0.2, 0.25) is 0 Å². The van der Waals surface area contributed by atoms with Crippen LogP contribution in [0.1, 0.15) is 380 Å². The highest BCUT2D eigenvalue weighted by Gasteiger charge is 2.53. The zero-order valence-corrected chi connectivity index (χ0v) is 52.2. The van der Waals surface area contributed by atoms with E-state index in [2.05, 4.69) is 90.0 Å². The largest absolute Gasteiger partial charge is 0.458 e. The first-order chi connectivity index (χ1) is 32.7. The average molecular weight is 1150 g/mol. The fourth-order valence-corrected chi connectivity index (χ4v) is 10.8. The maximum absolute atomic E-state index is 12.5. The smallest absolute Gasteiger partial charge is 0.312 e. The molecule has 4 rings (SSSR count). The zero-order chi connectivity index (χ0) is 56.1. The van der Waals surface area contributed by atoms with Crippen LogP contribution in [0.5, 0.6) is 0 Å². The number of rotatable bonds is 17. The molecule has 0 N–H and O–H groups in total. The molecule has 8 nitrogen and oxygen atoms in total. The second-order valence-electron chi connectivity index (χ2n) is 29.0. The van der Waals surface area contributed by atoms with Gasteiger partial charge in [0, 0.05) is 21.7 Å². The zero-order valence-electron chi connectivity index (χ0n) is 52.2. The van der Waals surface area contributed by atoms with Crippen molar-refractivity contribution in [2.24, 2.45) is 43.3 Å². The van der Waals surface area contributed by atoms with Crippen molar-refractivity contribution in [2.45, 2.75) is 402 Å². The molecule has 4 saturated carbocycles. The summed E-state index contributed by atoms with van der Waals surface area (Å²) < 4.78 is 24.2. The number of hydrogen-bond donors (Lipinski definition) is 0. The second-order valence-corrected chi connectivity index (χ2v) is 29.0. The van der Waals surface area contributed by atoms with Gasteiger partial charge in [-0.2, -0.15) is 0 Å². The summed E-state index contributed by atoms with van der Waals surface area (Å²) in [6.07, 6.45) is 25.5. The van der Waals surface area contributed by atoms with Gasteiger partial charge < -0.3 is 18.9 Å². The molecule has 4 aliphatic carbocycles. The van der Waals surface area contributed by atoms with Crippen molar-refractivity contribution in [1.82, 2.24) is 0 Å². The lowest BCUT2D eigenvalue weighted by atomic mass is 9.68. The van der Waals surface area contributed by atoms with Crippen molar-refractivity contribution in [2.75, 3.05) is 0 Å². The monoisotopic (exact) mass is 1150 g/mol. The minimum atomic E-state index is -0.365. The molecule has 0 aliphatic heterocycles. The Balaban J connectivity index is -0.000000139. The Morgan fingerprint density at radius 2 is 0.475 bits per heavy atom. The van der Waals surface area contributed by atoms with Crippen LogP contribution < -0.4 is 0 Å². The van der Waals surface area contributed by atoms with Gasteiger partial charge >= 0.3 is 23.9 Å². The lowest BCUT2D eigenvalue weighted by molar-refractivity contribution is -0.190. The van der Waals surface area contributed by atoms with Gasteiger partial charge in [0.1, 0.15) is 22.4 Å². The normalized spacial score (nSPS) is 18.1. The molecule has 488 valence electrons. The third-order valence-electron chi connectivity index (χ3n) is 19.8. The minimum absolute atomic E-state index is 0. The summed E-state index contributed by atoms with van der Waals surface area (Å²) in [4.78, 5) is 49.6. The highest BCUT2D eigenvalue weighted by molar-refractivity contribution is 5.78. The molecule has 80 heavy (non-hydrogen) atoms. The van der Waals surface area contributed by atoms with Gasteiger partial charge in [-0.1, -0.05) is 183 Å². The van der Waals surface area contributed by atoms with Crippen LogP contribution in [0.3, 0.4) is 0 Å². The van der Waals surface area contributed by atoms with Crippen LogP contribution in [0, 0.1) is 43.3 Å². The predicted octanol–water partition coefficient (Wildman–Crippen LogP) is 23.9. The van der Waals surface area contributed by atoms with E-state index in [0.717, 1.165) is 96.3 Å². The van der Waals surface area contributed by atoms with E-state index in [1.165, 1.54) is 57.8 Å². The number of ether oxygens (including phenoxy) is 4. The first kappa shape index (κ1) is 94.3. The summed E-state index contributed by atoms with van der Waals surface area (Å²) in [5.74, 6) is -0.0897. The fourth-order valence-electron chi connectivity index (χ4n) is 10.8. The summed E-state index contributed by atoms with van der Waals surface area (Å²) in [5, 5.41) is 0. The van der Waals surface area contributed by atoms with Crippen molar-refractivity contribution in [3.8, 4) is 0 Å². The highest BCUT2D eigenvalue weighted by Crippen LogP contribution is 2.52. The van der Waals surface area contributed by atoms with Crippen molar-refractivity contribution >= 4 is 23.9 Å². The van der Waals surface area contributed by atoms with Crippen LogP contribution in [0.25, 0.3) is 0 Å². The van der Waals surface area contributed by atoms with Crippen LogP contribution in [-0.4, -0.2) is 46.3 Å². The average Bonchev–Trinajstić information content (AvgIpc) is 4.11. The highest BCUT2D eigenvalue weighted by atomic mass is 16.6. The van der Waals surface area contributed by atoms with Gasteiger partial charge in [-0.05, 0) is 197 Å². The standard InChI is InChI=1S/C17H32O2.2C16H30O2.C15H28O2.8CH4/c1-7-11-16(5,6)17(12-9-10-13-17)19-14(18)15(3,4)8-2;1-7-15(5,6)13(17)18-16(14(2,3)4)11-9-8-10-12-16;1-7-14(3,4)13(17)18-16(11-9-10-12-16)15(5,6)8-2;1-7-14(5,6)12(16)17-15(13(2,3)4)10-8-9-11-15;;;;;;;;/h7-13H2,1-6H3;2*7-12H2,1-6H3;7-11H2,1-6H3;8*1H4. The molecule has 0 bridgehead atoms. The van der Waals surface area contributed by atoms with Gasteiger partial charge in [0.15, 0.2) is 0 Å². The van der Waals surface area contributed by atoms with Gasteiger partial charge in [-0.15, -0.1) is 0 Å². The molecule has 0 radical (unpaired) electrons. The van der Waals surface area contributed by atoms with E-state index in [4.69, 9.17) is 18.9 Å². The summed E-state index contributed by atoms with van der Waals surface area (Å²) in [5.41, 5.74) is -2.20. The molecule has 4 fully saturated rings. The summed E-state index contributed by atoms with van der Waals surface area (Å²) in [7, 11) is 0. The minimum Gasteiger partial charge on any atom is -0.458 e. The Hall–Kier alpha value is -2.12. The lowest BCUT2D eigenvalue weighted by Crippen LogP contribution is -2.50. The SMILES string of the molecule is C.C.C.C.C.C.C.C.CCC(C)(C)C(=O)OC1(C(C)(C)C)CCCC1.CCC(C)(C)C(=O)OC1(C(C)(C)C)CCCCC1.CCC(C)(C)C(=O)OC1(C(C)(C)CC)CCCC1.CCCC(C)(C)C1(OC(=O)C(C)(C)CC)CCCC1. The van der Waals surface area contributed by atoms with Crippen LogP contribution in [-0.2, 0) is 38.1 Å². The summed E-state index contributed by atoms with van der Waals surface area (Å²) in [6, 6.07) is 0. The van der Waals surface area contributed by atoms with Crippen LogP contribution in [0.4, 0.5) is 0 Å². The Labute approximate surface area is 505 Å². The van der Waals surface area contributed by atoms with Crippen molar-refractivity contribution < 1.29 is 38.1 Å². The quantitative estimate of drug-likeness (QED) is 0.105. The van der Waals surface area contributed by atoms with E-state index < -0.39 is 0 Å². The Bertz CT molecular complexity index is 1640. The molecule has 0 saturated heterocycles. The second kappa shape index (κ2) is 36.7. The Kier molecular flexibility index (Phi) is 43.2. The summed E-state index contributed by atoms with van der Waals surface area (Å²) >= 11 is 0. The van der Waals surface area contributed by atoms with Gasteiger partial charge in [-0.25, -0.2) is 0 Å². The molecule has 8 heteroatoms. The van der Waals surface area contributed by atoms with Gasteiger partial charge in [0.25, 0.3) is 0 Å². The maximum atomic E-state index is 12.5. The molecule has 0 aromatic heterocycles. The van der Waals surface area contributed by atoms with Crippen molar-refractivity contribution in [3.63, 3.8) is 0 Å². The molecule has 0 spiro atoms. The molecule has 0 unspecified atom stereocenters. The molecule has 0 atom stereocenters. The molecule has 0 aromatic rings. The molecule has 4 aliphatic rings. The number of esters is 4. The topological polar surface area (TPSA) is 105 Å². The first-order valence-electron chi connectivity index (χ1n) is 29.6. The third-order valence-corrected chi connectivity index (χ3v) is 19.8. The molecule has 0 heterocycles. The Morgan fingerprint density at radius 3 is 0.662 bits per heavy atom. The van der Waals surface area contributed by atoms with Crippen LogP contribution in [0.15, 0.2) is 0 Å². The lowest BCUT2D eigenvalue weighted by Gasteiger charge is -2.47. The van der Waals surface area contributed by atoms with Crippen molar-refractivity contribution in [3.05, 3.63) is 0 Å². The summed E-state index contributed by atoms with van der Waals surface area (Å²) in [6.45, 7) is 50.6. The number of carbonyl (C=O) groups is 4. The van der Waals surface area contributed by atoms with E-state index in [1.807, 2.05) is 76.2 Å². The third kappa shape index (κ3) is 23.7. The van der Waals surface area contributed by atoms with E-state index in [0.29, 0.717) is 0 Å². The molecular formula is C72H152O8. The maximum Gasteiger partial charge on any atom is 0.312 e. The first-order valence-corrected chi connectivity index (χ1v) is 29.6. The molecular weight excluding hydrogens is 993 g/mol. The van der Waals surface area contributed by atoms with Crippen LogP contribution >= 0.6 is 0 Å². The van der Waals surface area contributed by atoms with E-state index in [-0.39, 0.29) is 149 Å². The van der Waals surface area contributed by atoms with Crippen molar-refractivity contribution in [1.29, 1.82) is 0 Å². The van der Waals surface area contributed by atoms with E-state index in [1.54, 1.807) is 0 Å². The predicted molar refractivity (Wildman–Crippen MR) is 356 cm³/mol. The van der Waals surface area contributed by atoms with Gasteiger partial charge in [0.05, 0.1) is 21.7 Å². The number of carbonyl (C=O) groups excluding carboxylic acids is 4. The molecule has 0 amide bonds. The van der Waals surface area contributed by atoms with E-state index in [9.17, 15) is 19.2 Å². The Morgan fingerprint density at radius 1 is 0.287 bits per heavy atom. The van der Waals surface area contributed by atoms with Crippen LogP contribution in [0.2, 0.25) is 0 Å². The van der Waals surface area contributed by atoms with Gasteiger partial charge in [-0.3, -0.25) is 19.2 Å². The molecule has 0 aromatic carbocycles. The fraction of sp³-hybridized carbons (Fsp3) is 0.944. The van der Waals surface area contributed by atoms with E-state index >= 15 is 0 Å².